The summed E-state index contributed by atoms with van der Waals surface area (Å²) < 4.78 is 5.27. The molecule has 0 aromatic heterocycles. The zero-order valence-corrected chi connectivity index (χ0v) is 8.29. The van der Waals surface area contributed by atoms with Gasteiger partial charge in [-0.2, -0.15) is 0 Å². The van der Waals surface area contributed by atoms with E-state index in [1.807, 2.05) is 31.2 Å². The summed E-state index contributed by atoms with van der Waals surface area (Å²) in [6, 6.07) is 0. The molecule has 0 amide bonds. The number of hydrogen-bond acceptors (Lipinski definition) is 1. The van der Waals surface area contributed by atoms with E-state index in [1.54, 1.807) is 0 Å². The molecule has 0 heterocycles. The van der Waals surface area contributed by atoms with E-state index in [2.05, 4.69) is 18.9 Å². The maximum atomic E-state index is 5.27. The molecule has 0 fully saturated rings. The van der Waals surface area contributed by atoms with Gasteiger partial charge in [-0.05, 0) is 25.5 Å². The number of hydrogen-bond donors (Lipinski definition) is 0. The first-order valence-electron chi connectivity index (χ1n) is 4.41. The highest BCUT2D eigenvalue weighted by Gasteiger charge is 1.87. The minimum atomic E-state index is 0.316. The quantitative estimate of drug-likeness (QED) is 0.355. The second-order valence-electron chi connectivity index (χ2n) is 2.40. The minimum absolute atomic E-state index is 0.316. The van der Waals surface area contributed by atoms with Gasteiger partial charge in [0.1, 0.15) is 12.4 Å². The van der Waals surface area contributed by atoms with Crippen LogP contribution in [0.5, 0.6) is 0 Å². The highest BCUT2D eigenvalue weighted by molar-refractivity contribution is 5.18. The van der Waals surface area contributed by atoms with Crippen LogP contribution in [0.3, 0.4) is 0 Å². The smallest absolute Gasteiger partial charge is 0.148 e. The maximum absolute atomic E-state index is 5.27. The fourth-order valence-corrected chi connectivity index (χ4v) is 0.740. The fraction of sp³-hybridized carbons (Fsp3) is 0.333. The Morgan fingerprint density at radius 2 is 2.31 bits per heavy atom. The Hall–Kier alpha value is -1.42. The van der Waals surface area contributed by atoms with Gasteiger partial charge in [-0.15, -0.1) is 6.42 Å². The number of allylic oxidation sites excluding steroid dienone is 5. The molecule has 0 saturated heterocycles. The Bertz CT molecular complexity index is 238. The van der Waals surface area contributed by atoms with Crippen molar-refractivity contribution in [2.45, 2.75) is 20.3 Å². The third kappa shape index (κ3) is 6.96. The molecule has 1 nitrogen and oxygen atoms in total. The summed E-state index contributed by atoms with van der Waals surface area (Å²) in [6.45, 7) is 4.34. The van der Waals surface area contributed by atoms with E-state index < -0.39 is 0 Å². The Morgan fingerprint density at radius 3 is 2.85 bits per heavy atom. The average Bonchev–Trinajstić information content (AvgIpc) is 2.14. The molecular formula is C12H16O. The van der Waals surface area contributed by atoms with Crippen molar-refractivity contribution in [2.75, 3.05) is 6.61 Å². The highest BCUT2D eigenvalue weighted by atomic mass is 16.5. The predicted molar refractivity (Wildman–Crippen MR) is 57.1 cm³/mol. The van der Waals surface area contributed by atoms with Crippen molar-refractivity contribution in [1.29, 1.82) is 0 Å². The molecule has 0 rings (SSSR count). The van der Waals surface area contributed by atoms with Gasteiger partial charge < -0.3 is 4.74 Å². The first-order chi connectivity index (χ1) is 6.35. The van der Waals surface area contributed by atoms with E-state index in [9.17, 15) is 0 Å². The van der Waals surface area contributed by atoms with E-state index in [0.717, 1.165) is 12.2 Å². The van der Waals surface area contributed by atoms with Crippen LogP contribution in [0.1, 0.15) is 20.3 Å². The lowest BCUT2D eigenvalue weighted by Gasteiger charge is -2.00. The third-order valence-corrected chi connectivity index (χ3v) is 1.29. The summed E-state index contributed by atoms with van der Waals surface area (Å²) in [6.07, 6.45) is 15.8. The van der Waals surface area contributed by atoms with Crippen molar-refractivity contribution in [2.24, 2.45) is 0 Å². The predicted octanol–water partition coefficient (Wildman–Crippen LogP) is 3.06. The largest absolute Gasteiger partial charge is 0.481 e. The van der Waals surface area contributed by atoms with Crippen molar-refractivity contribution in [3.05, 3.63) is 36.1 Å². The lowest BCUT2D eigenvalue weighted by Crippen LogP contribution is -1.88. The molecule has 0 atom stereocenters. The molecule has 1 heteroatoms. The van der Waals surface area contributed by atoms with Crippen LogP contribution in [0.15, 0.2) is 36.1 Å². The topological polar surface area (TPSA) is 9.23 Å². The zero-order valence-electron chi connectivity index (χ0n) is 8.29. The van der Waals surface area contributed by atoms with Gasteiger partial charge in [-0.25, -0.2) is 0 Å². The monoisotopic (exact) mass is 176 g/mol. The number of terminal acetylenes is 1. The molecular weight excluding hydrogens is 160 g/mol. The summed E-state index contributed by atoms with van der Waals surface area (Å²) in [4.78, 5) is 0. The lowest BCUT2D eigenvalue weighted by molar-refractivity contribution is 0.268. The summed E-state index contributed by atoms with van der Waals surface area (Å²) >= 11 is 0. The molecule has 0 aromatic carbocycles. The van der Waals surface area contributed by atoms with Crippen LogP contribution in [0.25, 0.3) is 0 Å². The van der Waals surface area contributed by atoms with Gasteiger partial charge >= 0.3 is 0 Å². The molecule has 0 radical (unpaired) electrons. The van der Waals surface area contributed by atoms with Gasteiger partial charge in [0.05, 0.1) is 0 Å². The van der Waals surface area contributed by atoms with Gasteiger partial charge in [0.15, 0.2) is 0 Å². The maximum Gasteiger partial charge on any atom is 0.148 e. The molecule has 0 spiro atoms. The first-order valence-corrected chi connectivity index (χ1v) is 4.41. The van der Waals surface area contributed by atoms with Gasteiger partial charge in [0.25, 0.3) is 0 Å². The third-order valence-electron chi connectivity index (χ3n) is 1.29. The van der Waals surface area contributed by atoms with Crippen LogP contribution in [0, 0.1) is 12.3 Å². The molecule has 0 aliphatic carbocycles. The SMILES string of the molecule is C#CCOC(/C=C\C)=C/C=C\CC. The van der Waals surface area contributed by atoms with Crippen LogP contribution < -0.4 is 0 Å². The average molecular weight is 176 g/mol. The van der Waals surface area contributed by atoms with Gasteiger partial charge in [0, 0.05) is 0 Å². The first kappa shape index (κ1) is 11.6. The molecule has 0 aromatic rings. The van der Waals surface area contributed by atoms with Crippen LogP contribution >= 0.6 is 0 Å². The fourth-order valence-electron chi connectivity index (χ4n) is 0.740. The molecule has 13 heavy (non-hydrogen) atoms. The van der Waals surface area contributed by atoms with Crippen LogP contribution in [0.4, 0.5) is 0 Å². The minimum Gasteiger partial charge on any atom is -0.481 e. The summed E-state index contributed by atoms with van der Waals surface area (Å²) in [5.41, 5.74) is 0. The van der Waals surface area contributed by atoms with E-state index in [4.69, 9.17) is 11.2 Å². The van der Waals surface area contributed by atoms with E-state index >= 15 is 0 Å². The van der Waals surface area contributed by atoms with E-state index in [1.165, 1.54) is 0 Å². The number of rotatable bonds is 5. The van der Waals surface area contributed by atoms with E-state index in [-0.39, 0.29) is 0 Å². The Labute approximate surface area is 80.8 Å². The molecule has 0 N–H and O–H groups in total. The van der Waals surface area contributed by atoms with Crippen molar-refractivity contribution in [3.8, 4) is 12.3 Å². The molecule has 0 bridgehead atoms. The van der Waals surface area contributed by atoms with Gasteiger partial charge in [0.2, 0.25) is 0 Å². The standard InChI is InChI=1S/C12H16O/c1-4-7-8-10-12(9-5-2)13-11-6-3/h3,5,7-10H,4,11H2,1-2H3/b8-7-,9-5-,12-10+. The van der Waals surface area contributed by atoms with Crippen LogP contribution in [0.2, 0.25) is 0 Å². The van der Waals surface area contributed by atoms with Gasteiger partial charge in [-0.3, -0.25) is 0 Å². The van der Waals surface area contributed by atoms with E-state index in [0.29, 0.717) is 6.61 Å². The molecule has 0 saturated carbocycles. The van der Waals surface area contributed by atoms with Crippen LogP contribution in [-0.2, 0) is 4.74 Å². The highest BCUT2D eigenvalue weighted by Crippen LogP contribution is 2.00. The second-order valence-corrected chi connectivity index (χ2v) is 2.40. The lowest BCUT2D eigenvalue weighted by atomic mass is 10.3. The molecule has 0 aliphatic rings. The summed E-state index contributed by atoms with van der Waals surface area (Å²) in [5, 5.41) is 0. The summed E-state index contributed by atoms with van der Waals surface area (Å²) in [7, 11) is 0. The van der Waals surface area contributed by atoms with Crippen LogP contribution in [-0.4, -0.2) is 6.61 Å². The second kappa shape index (κ2) is 8.67. The Morgan fingerprint density at radius 1 is 1.54 bits per heavy atom. The Balaban J connectivity index is 4.15. The van der Waals surface area contributed by atoms with Crippen molar-refractivity contribution >= 4 is 0 Å². The zero-order chi connectivity index (χ0) is 9.94. The van der Waals surface area contributed by atoms with Crippen molar-refractivity contribution < 1.29 is 4.74 Å². The molecule has 70 valence electrons. The van der Waals surface area contributed by atoms with Crippen molar-refractivity contribution in [1.82, 2.24) is 0 Å². The van der Waals surface area contributed by atoms with Gasteiger partial charge in [-0.1, -0.05) is 31.1 Å². The Kier molecular flexibility index (Phi) is 7.73. The molecule has 0 unspecified atom stereocenters. The van der Waals surface area contributed by atoms with Crippen molar-refractivity contribution in [3.63, 3.8) is 0 Å². The number of ether oxygens (including phenoxy) is 1. The summed E-state index contributed by atoms with van der Waals surface area (Å²) in [5.74, 6) is 3.22. The normalized spacial score (nSPS) is 12.2. The molecule has 0 aliphatic heterocycles.